The molecule has 4 nitrogen and oxygen atoms in total. The molecule has 0 aliphatic carbocycles. The van der Waals surface area contributed by atoms with Crippen LogP contribution in [0.3, 0.4) is 0 Å². The van der Waals surface area contributed by atoms with Gasteiger partial charge in [-0.1, -0.05) is 18.2 Å². The third-order valence-electron chi connectivity index (χ3n) is 5.11. The Labute approximate surface area is 148 Å². The summed E-state index contributed by atoms with van der Waals surface area (Å²) in [4.78, 5) is 15.0. The van der Waals surface area contributed by atoms with Gasteiger partial charge in [-0.25, -0.2) is 0 Å². The molecule has 0 saturated carbocycles. The van der Waals surface area contributed by atoms with Crippen LogP contribution in [0, 0.1) is 5.92 Å². The molecule has 4 heteroatoms. The van der Waals surface area contributed by atoms with Gasteiger partial charge >= 0.3 is 0 Å². The fraction of sp³-hybridized carbons (Fsp3) is 0.381. The van der Waals surface area contributed by atoms with Crippen molar-refractivity contribution in [3.05, 3.63) is 54.1 Å². The molecule has 0 radical (unpaired) electrons. The van der Waals surface area contributed by atoms with Crippen LogP contribution in [0.2, 0.25) is 0 Å². The van der Waals surface area contributed by atoms with Gasteiger partial charge in [0.2, 0.25) is 5.91 Å². The number of benzene rings is 2. The quantitative estimate of drug-likeness (QED) is 0.925. The van der Waals surface area contributed by atoms with Gasteiger partial charge in [0.1, 0.15) is 12.4 Å². The van der Waals surface area contributed by atoms with Gasteiger partial charge < -0.3 is 15.0 Å². The number of carbonyl (C=O) groups excluding carboxylic acids is 1. The van der Waals surface area contributed by atoms with E-state index >= 15 is 0 Å². The normalized spacial score (nSPS) is 19.7. The minimum Gasteiger partial charge on any atom is -0.492 e. The van der Waals surface area contributed by atoms with E-state index in [2.05, 4.69) is 22.3 Å². The van der Waals surface area contributed by atoms with Gasteiger partial charge in [-0.3, -0.25) is 4.79 Å². The second kappa shape index (κ2) is 7.18. The molecule has 0 spiro atoms. The lowest BCUT2D eigenvalue weighted by atomic mass is 9.96. The molecule has 1 unspecified atom stereocenters. The van der Waals surface area contributed by atoms with E-state index in [0.717, 1.165) is 36.5 Å². The van der Waals surface area contributed by atoms with Gasteiger partial charge in [0.25, 0.3) is 0 Å². The summed E-state index contributed by atoms with van der Waals surface area (Å²) in [5.41, 5.74) is 3.20. The van der Waals surface area contributed by atoms with E-state index in [-0.39, 0.29) is 11.8 Å². The lowest BCUT2D eigenvalue weighted by Crippen LogP contribution is -2.32. The molecule has 1 fully saturated rings. The summed E-state index contributed by atoms with van der Waals surface area (Å²) in [6.07, 6.45) is 4.59. The second-order valence-corrected chi connectivity index (χ2v) is 6.90. The number of nitrogens with one attached hydrogen (secondary N) is 1. The standard InChI is InChI=1S/C21H24N2O2/c24-21(17-14-16-6-2-3-7-20(16)25-15-17)22-18-8-10-19(11-9-18)23-12-4-1-5-13-23/h2-3,6-11,17H,1,4-5,12-15H2,(H,22,24). The summed E-state index contributed by atoms with van der Waals surface area (Å²) < 4.78 is 5.73. The number of fused-ring (bicyclic) bond motifs is 1. The van der Waals surface area contributed by atoms with Crippen molar-refractivity contribution in [2.45, 2.75) is 25.7 Å². The van der Waals surface area contributed by atoms with Crippen LogP contribution in [0.25, 0.3) is 0 Å². The van der Waals surface area contributed by atoms with Crippen molar-refractivity contribution >= 4 is 17.3 Å². The minimum atomic E-state index is -0.142. The number of hydrogen-bond donors (Lipinski definition) is 1. The number of anilines is 2. The first-order valence-electron chi connectivity index (χ1n) is 9.16. The van der Waals surface area contributed by atoms with Gasteiger partial charge in [-0.05, 0) is 61.6 Å². The molecule has 2 aliphatic rings. The van der Waals surface area contributed by atoms with Crippen LogP contribution in [0.4, 0.5) is 11.4 Å². The monoisotopic (exact) mass is 336 g/mol. The number of piperidine rings is 1. The molecule has 25 heavy (non-hydrogen) atoms. The third-order valence-corrected chi connectivity index (χ3v) is 5.11. The molecule has 2 aromatic carbocycles. The summed E-state index contributed by atoms with van der Waals surface area (Å²) >= 11 is 0. The number of para-hydroxylation sites is 1. The largest absolute Gasteiger partial charge is 0.492 e. The van der Waals surface area contributed by atoms with Gasteiger partial charge in [-0.2, -0.15) is 0 Å². The summed E-state index contributed by atoms with van der Waals surface area (Å²) in [6, 6.07) is 16.1. The summed E-state index contributed by atoms with van der Waals surface area (Å²) in [5.74, 6) is 0.786. The van der Waals surface area contributed by atoms with Crippen molar-refractivity contribution in [2.24, 2.45) is 5.92 Å². The van der Waals surface area contributed by atoms with Crippen molar-refractivity contribution in [2.75, 3.05) is 29.9 Å². The van der Waals surface area contributed by atoms with Gasteiger partial charge in [-0.15, -0.1) is 0 Å². The van der Waals surface area contributed by atoms with Gasteiger partial charge in [0, 0.05) is 24.5 Å². The molecular weight excluding hydrogens is 312 g/mol. The van der Waals surface area contributed by atoms with Crippen LogP contribution in [-0.2, 0) is 11.2 Å². The van der Waals surface area contributed by atoms with Crippen molar-refractivity contribution in [1.82, 2.24) is 0 Å². The zero-order chi connectivity index (χ0) is 17.1. The highest BCUT2D eigenvalue weighted by Crippen LogP contribution is 2.28. The lowest BCUT2D eigenvalue weighted by molar-refractivity contribution is -0.121. The Kier molecular flexibility index (Phi) is 4.59. The highest BCUT2D eigenvalue weighted by molar-refractivity contribution is 5.93. The highest BCUT2D eigenvalue weighted by Gasteiger charge is 2.25. The molecule has 130 valence electrons. The van der Waals surface area contributed by atoms with Crippen LogP contribution < -0.4 is 15.0 Å². The van der Waals surface area contributed by atoms with Crippen molar-refractivity contribution in [3.63, 3.8) is 0 Å². The Morgan fingerprint density at radius 3 is 2.56 bits per heavy atom. The SMILES string of the molecule is O=C(Nc1ccc(N2CCCCC2)cc1)C1COc2ccccc2C1. The summed E-state index contributed by atoms with van der Waals surface area (Å²) in [7, 11) is 0. The van der Waals surface area contributed by atoms with Crippen LogP contribution >= 0.6 is 0 Å². The van der Waals surface area contributed by atoms with Crippen LogP contribution in [-0.4, -0.2) is 25.6 Å². The Balaban J connectivity index is 1.38. The first kappa shape index (κ1) is 16.0. The van der Waals surface area contributed by atoms with E-state index in [9.17, 15) is 4.79 Å². The maximum absolute atomic E-state index is 12.6. The first-order valence-corrected chi connectivity index (χ1v) is 9.16. The predicted molar refractivity (Wildman–Crippen MR) is 100 cm³/mol. The van der Waals surface area contributed by atoms with Gasteiger partial charge in [0.15, 0.2) is 0 Å². The Hall–Kier alpha value is -2.49. The molecule has 1 saturated heterocycles. The topological polar surface area (TPSA) is 41.6 Å². The van der Waals surface area contributed by atoms with E-state index in [1.807, 2.05) is 36.4 Å². The smallest absolute Gasteiger partial charge is 0.231 e. The van der Waals surface area contributed by atoms with E-state index in [0.29, 0.717) is 6.61 Å². The predicted octanol–water partition coefficient (Wildman–Crippen LogP) is 3.87. The van der Waals surface area contributed by atoms with Crippen molar-refractivity contribution in [3.8, 4) is 5.75 Å². The zero-order valence-corrected chi connectivity index (χ0v) is 14.4. The first-order chi connectivity index (χ1) is 12.3. The summed E-state index contributed by atoms with van der Waals surface area (Å²) in [5, 5.41) is 3.04. The molecule has 1 N–H and O–H groups in total. The Morgan fingerprint density at radius 2 is 1.76 bits per heavy atom. The van der Waals surface area contributed by atoms with E-state index in [4.69, 9.17) is 4.74 Å². The molecule has 2 aromatic rings. The van der Waals surface area contributed by atoms with Crippen molar-refractivity contribution < 1.29 is 9.53 Å². The number of amides is 1. The Morgan fingerprint density at radius 1 is 1.00 bits per heavy atom. The van der Waals surface area contributed by atoms with Crippen LogP contribution in [0.1, 0.15) is 24.8 Å². The average Bonchev–Trinajstić information content (AvgIpc) is 2.69. The molecule has 4 rings (SSSR count). The number of rotatable bonds is 3. The third kappa shape index (κ3) is 3.63. The zero-order valence-electron chi connectivity index (χ0n) is 14.4. The van der Waals surface area contributed by atoms with Crippen LogP contribution in [0.15, 0.2) is 48.5 Å². The van der Waals surface area contributed by atoms with Gasteiger partial charge in [0.05, 0.1) is 5.92 Å². The fourth-order valence-corrected chi connectivity index (χ4v) is 3.65. The second-order valence-electron chi connectivity index (χ2n) is 6.90. The molecular formula is C21H24N2O2. The average molecular weight is 336 g/mol. The Bertz CT molecular complexity index is 736. The lowest BCUT2D eigenvalue weighted by Gasteiger charge is -2.29. The fourth-order valence-electron chi connectivity index (χ4n) is 3.65. The summed E-state index contributed by atoms with van der Waals surface area (Å²) in [6.45, 7) is 2.70. The molecule has 2 aliphatic heterocycles. The molecule has 1 atom stereocenters. The van der Waals surface area contributed by atoms with Crippen molar-refractivity contribution in [1.29, 1.82) is 0 Å². The van der Waals surface area contributed by atoms with E-state index in [1.165, 1.54) is 24.9 Å². The maximum atomic E-state index is 12.6. The molecule has 2 heterocycles. The molecule has 0 bridgehead atoms. The number of hydrogen-bond acceptors (Lipinski definition) is 3. The number of carbonyl (C=O) groups is 1. The van der Waals surface area contributed by atoms with E-state index in [1.54, 1.807) is 0 Å². The highest BCUT2D eigenvalue weighted by atomic mass is 16.5. The maximum Gasteiger partial charge on any atom is 0.231 e. The van der Waals surface area contributed by atoms with Crippen LogP contribution in [0.5, 0.6) is 5.75 Å². The molecule has 1 amide bonds. The number of ether oxygens (including phenoxy) is 1. The minimum absolute atomic E-state index is 0.0280. The number of nitrogens with zero attached hydrogens (tertiary/aromatic N) is 1. The molecule has 0 aromatic heterocycles. The van der Waals surface area contributed by atoms with E-state index < -0.39 is 0 Å².